The Hall–Kier alpha value is -1.18. The maximum atomic E-state index is 13.4. The molecule has 2 saturated carbocycles. The third kappa shape index (κ3) is 5.39. The van der Waals surface area contributed by atoms with Gasteiger partial charge in [0.2, 0.25) is 0 Å². The third-order valence-electron chi connectivity index (χ3n) is 6.24. The molecule has 0 radical (unpaired) electrons. The molecule has 0 aliphatic heterocycles. The minimum absolute atomic E-state index is 0.415. The highest BCUT2D eigenvalue weighted by atomic mass is 19.2. The molecule has 1 aromatic carbocycles. The van der Waals surface area contributed by atoms with Crippen LogP contribution in [-0.4, -0.2) is 0 Å². The first kappa shape index (κ1) is 20.1. The van der Waals surface area contributed by atoms with Crippen LogP contribution in [0.2, 0.25) is 0 Å². The Bertz CT molecular complexity index is 521. The van der Waals surface area contributed by atoms with Crippen molar-refractivity contribution in [3.63, 3.8) is 0 Å². The van der Waals surface area contributed by atoms with Crippen LogP contribution in [0.4, 0.5) is 8.78 Å². The minimum Gasteiger partial charge on any atom is -0.204 e. The number of halogens is 2. The Labute approximate surface area is 152 Å². The van der Waals surface area contributed by atoms with Crippen molar-refractivity contribution in [2.45, 2.75) is 77.6 Å². The SMILES string of the molecule is C=CCC1CCC(C2CCC(c3ccc(F)c(F)c3)CC2)CC1.CC. The predicted molar refractivity (Wildman–Crippen MR) is 103 cm³/mol. The van der Waals surface area contributed by atoms with E-state index in [1.165, 1.54) is 57.1 Å². The van der Waals surface area contributed by atoms with E-state index in [4.69, 9.17) is 0 Å². The van der Waals surface area contributed by atoms with Gasteiger partial charge in [-0.25, -0.2) is 8.78 Å². The minimum atomic E-state index is -0.737. The molecule has 0 nitrogen and oxygen atoms in total. The van der Waals surface area contributed by atoms with Gasteiger partial charge in [-0.05, 0) is 99.2 Å². The first-order valence-electron chi connectivity index (χ1n) is 10.2. The van der Waals surface area contributed by atoms with Gasteiger partial charge in [-0.15, -0.1) is 6.58 Å². The summed E-state index contributed by atoms with van der Waals surface area (Å²) in [6, 6.07) is 4.45. The lowest BCUT2D eigenvalue weighted by Gasteiger charge is -2.38. The Morgan fingerprint density at radius 3 is 1.96 bits per heavy atom. The number of hydrogen-bond acceptors (Lipinski definition) is 0. The van der Waals surface area contributed by atoms with Gasteiger partial charge in [-0.3, -0.25) is 0 Å². The lowest BCUT2D eigenvalue weighted by atomic mass is 9.68. The van der Waals surface area contributed by atoms with E-state index in [0.717, 1.165) is 36.2 Å². The van der Waals surface area contributed by atoms with Crippen molar-refractivity contribution >= 4 is 0 Å². The van der Waals surface area contributed by atoms with Crippen molar-refractivity contribution in [3.8, 4) is 0 Å². The summed E-state index contributed by atoms with van der Waals surface area (Å²) in [6.45, 7) is 7.86. The molecule has 2 aliphatic rings. The van der Waals surface area contributed by atoms with Gasteiger partial charge in [-0.1, -0.05) is 26.0 Å². The lowest BCUT2D eigenvalue weighted by molar-refractivity contribution is 0.160. The van der Waals surface area contributed by atoms with Gasteiger partial charge < -0.3 is 0 Å². The van der Waals surface area contributed by atoms with Crippen LogP contribution in [0.1, 0.15) is 83.1 Å². The smallest absolute Gasteiger partial charge is 0.159 e. The summed E-state index contributed by atoms with van der Waals surface area (Å²) in [4.78, 5) is 0. The highest BCUT2D eigenvalue weighted by Gasteiger charge is 2.31. The second-order valence-corrected chi connectivity index (χ2v) is 7.59. The Morgan fingerprint density at radius 2 is 1.44 bits per heavy atom. The zero-order valence-corrected chi connectivity index (χ0v) is 15.9. The van der Waals surface area contributed by atoms with E-state index in [2.05, 4.69) is 12.7 Å². The number of allylic oxidation sites excluding steroid dienone is 1. The predicted octanol–water partition coefficient (Wildman–Crippen LogP) is 7.65. The van der Waals surface area contributed by atoms with E-state index in [9.17, 15) is 8.78 Å². The van der Waals surface area contributed by atoms with Crippen molar-refractivity contribution in [3.05, 3.63) is 48.1 Å². The van der Waals surface area contributed by atoms with E-state index in [0.29, 0.717) is 5.92 Å². The zero-order chi connectivity index (χ0) is 18.2. The highest BCUT2D eigenvalue weighted by molar-refractivity contribution is 5.22. The monoisotopic (exact) mass is 348 g/mol. The van der Waals surface area contributed by atoms with E-state index >= 15 is 0 Å². The standard InChI is InChI=1S/C21H28F2.C2H6/c1-2-3-15-4-6-16(7-5-15)17-8-10-18(11-9-17)19-12-13-20(22)21(23)14-19;1-2/h2,12-18H,1,3-11H2;1-2H3. The summed E-state index contributed by atoms with van der Waals surface area (Å²) in [5, 5.41) is 0. The van der Waals surface area contributed by atoms with Crippen molar-refractivity contribution in [2.75, 3.05) is 0 Å². The fraction of sp³-hybridized carbons (Fsp3) is 0.652. The molecule has 0 heterocycles. The summed E-state index contributed by atoms with van der Waals surface area (Å²) in [5.41, 5.74) is 0.983. The first-order chi connectivity index (χ1) is 12.2. The second-order valence-electron chi connectivity index (χ2n) is 7.59. The quantitative estimate of drug-likeness (QED) is 0.490. The van der Waals surface area contributed by atoms with E-state index < -0.39 is 11.6 Å². The molecule has 0 spiro atoms. The number of hydrogen-bond donors (Lipinski definition) is 0. The van der Waals surface area contributed by atoms with E-state index in [1.807, 2.05) is 13.8 Å². The van der Waals surface area contributed by atoms with Gasteiger partial charge in [0.15, 0.2) is 11.6 Å². The molecule has 1 aromatic rings. The largest absolute Gasteiger partial charge is 0.204 e. The number of benzene rings is 1. The summed E-state index contributed by atoms with van der Waals surface area (Å²) in [7, 11) is 0. The normalized spacial score (nSPS) is 29.4. The van der Waals surface area contributed by atoms with Crippen LogP contribution in [0, 0.1) is 29.4 Å². The molecule has 25 heavy (non-hydrogen) atoms. The molecule has 2 fully saturated rings. The summed E-state index contributed by atoms with van der Waals surface area (Å²) in [6.07, 6.45) is 13.5. The van der Waals surface area contributed by atoms with Crippen molar-refractivity contribution in [2.24, 2.45) is 17.8 Å². The summed E-state index contributed by atoms with van der Waals surface area (Å²) >= 11 is 0. The van der Waals surface area contributed by atoms with Crippen LogP contribution >= 0.6 is 0 Å². The van der Waals surface area contributed by atoms with Gasteiger partial charge >= 0.3 is 0 Å². The van der Waals surface area contributed by atoms with Crippen molar-refractivity contribution in [1.82, 2.24) is 0 Å². The lowest BCUT2D eigenvalue weighted by Crippen LogP contribution is -2.25. The highest BCUT2D eigenvalue weighted by Crippen LogP contribution is 2.44. The van der Waals surface area contributed by atoms with Crippen LogP contribution in [-0.2, 0) is 0 Å². The molecule has 140 valence electrons. The molecule has 0 atom stereocenters. The van der Waals surface area contributed by atoms with Crippen molar-refractivity contribution in [1.29, 1.82) is 0 Å². The topological polar surface area (TPSA) is 0 Å². The molecule has 0 unspecified atom stereocenters. The van der Waals surface area contributed by atoms with Crippen LogP contribution in [0.15, 0.2) is 30.9 Å². The van der Waals surface area contributed by atoms with E-state index in [-0.39, 0.29) is 0 Å². The maximum Gasteiger partial charge on any atom is 0.159 e. The average molecular weight is 349 g/mol. The van der Waals surface area contributed by atoms with Crippen LogP contribution in [0.3, 0.4) is 0 Å². The van der Waals surface area contributed by atoms with Gasteiger partial charge in [0, 0.05) is 0 Å². The fourth-order valence-corrected chi connectivity index (χ4v) is 4.82. The van der Waals surface area contributed by atoms with Crippen molar-refractivity contribution < 1.29 is 8.78 Å². The van der Waals surface area contributed by atoms with Crippen LogP contribution in [0.25, 0.3) is 0 Å². The van der Waals surface area contributed by atoms with Gasteiger partial charge in [0.25, 0.3) is 0 Å². The van der Waals surface area contributed by atoms with Gasteiger partial charge in [0.1, 0.15) is 0 Å². The van der Waals surface area contributed by atoms with Gasteiger partial charge in [0.05, 0.1) is 0 Å². The average Bonchev–Trinajstić information content (AvgIpc) is 2.67. The summed E-state index contributed by atoms with van der Waals surface area (Å²) < 4.78 is 26.5. The van der Waals surface area contributed by atoms with Crippen LogP contribution < -0.4 is 0 Å². The second kappa shape index (κ2) is 10.1. The Balaban J connectivity index is 0.00000109. The molecule has 0 amide bonds. The molecular formula is C23H34F2. The van der Waals surface area contributed by atoms with Crippen LogP contribution in [0.5, 0.6) is 0 Å². The summed E-state index contributed by atoms with van der Waals surface area (Å²) in [5.74, 6) is 1.58. The fourth-order valence-electron chi connectivity index (χ4n) is 4.82. The molecule has 2 heteroatoms. The molecule has 3 rings (SSSR count). The zero-order valence-electron chi connectivity index (χ0n) is 15.9. The molecule has 2 aliphatic carbocycles. The maximum absolute atomic E-state index is 13.4. The van der Waals surface area contributed by atoms with E-state index in [1.54, 1.807) is 6.07 Å². The molecule has 0 saturated heterocycles. The molecule has 0 N–H and O–H groups in total. The van der Waals surface area contributed by atoms with Gasteiger partial charge in [-0.2, -0.15) is 0 Å². The third-order valence-corrected chi connectivity index (χ3v) is 6.24. The Kier molecular flexibility index (Phi) is 8.12. The Morgan fingerprint density at radius 1 is 0.880 bits per heavy atom. The molecular weight excluding hydrogens is 314 g/mol. The first-order valence-corrected chi connectivity index (χ1v) is 10.2. The molecule has 0 bridgehead atoms. The molecule has 0 aromatic heterocycles. The number of rotatable bonds is 4.